The van der Waals surface area contributed by atoms with Crippen LogP contribution in [0.5, 0.6) is 0 Å². The minimum absolute atomic E-state index is 0.0565. The Morgan fingerprint density at radius 1 is 1.30 bits per heavy atom. The smallest absolute Gasteiger partial charge is 0.317 e. The van der Waals surface area contributed by atoms with Gasteiger partial charge in [-0.15, -0.1) is 0 Å². The Kier molecular flexibility index (Phi) is 6.78. The Morgan fingerprint density at radius 3 is 2.67 bits per heavy atom. The highest BCUT2D eigenvalue weighted by molar-refractivity contribution is 6.01. The van der Waals surface area contributed by atoms with E-state index in [2.05, 4.69) is 20.6 Å². The summed E-state index contributed by atoms with van der Waals surface area (Å²) in [5.41, 5.74) is 5.99. The Balaban J connectivity index is 1.44. The number of aliphatic carboxylic acids is 1. The van der Waals surface area contributed by atoms with Crippen LogP contribution in [-0.4, -0.2) is 84.7 Å². The molecule has 3 rings (SSSR count). The number of carboxylic acid groups (broad SMARTS) is 1. The molecular weight excluding hydrogens is 346 g/mol. The van der Waals surface area contributed by atoms with Gasteiger partial charge in [0.2, 0.25) is 0 Å². The summed E-state index contributed by atoms with van der Waals surface area (Å²) in [4.78, 5) is 20.7. The van der Waals surface area contributed by atoms with Crippen molar-refractivity contribution in [1.29, 1.82) is 0 Å². The summed E-state index contributed by atoms with van der Waals surface area (Å²) < 4.78 is 0. The molecule has 0 aromatic heterocycles. The first kappa shape index (κ1) is 19.3. The van der Waals surface area contributed by atoms with Gasteiger partial charge >= 0.3 is 5.97 Å². The molecule has 1 aromatic rings. The zero-order valence-corrected chi connectivity index (χ0v) is 15.7. The average Bonchev–Trinajstić information content (AvgIpc) is 3.12. The molecule has 2 aliphatic rings. The van der Waals surface area contributed by atoms with E-state index in [1.54, 1.807) is 6.21 Å². The van der Waals surface area contributed by atoms with Crippen LogP contribution in [0.15, 0.2) is 34.5 Å². The fraction of sp³-hybridized carbons (Fsp3) is 0.526. The molecule has 2 aliphatic heterocycles. The zero-order chi connectivity index (χ0) is 19.1. The summed E-state index contributed by atoms with van der Waals surface area (Å²) in [5, 5.41) is 17.3. The van der Waals surface area contributed by atoms with Gasteiger partial charge in [-0.25, -0.2) is 0 Å². The van der Waals surface area contributed by atoms with E-state index in [4.69, 9.17) is 9.94 Å². The summed E-state index contributed by atoms with van der Waals surface area (Å²) in [5.74, 6) is -0.764. The monoisotopic (exact) mass is 373 g/mol. The van der Waals surface area contributed by atoms with Crippen LogP contribution in [-0.2, 0) is 9.63 Å². The van der Waals surface area contributed by atoms with Crippen LogP contribution in [0.2, 0.25) is 0 Å². The first-order valence-corrected chi connectivity index (χ1v) is 9.39. The number of carboxylic acids is 1. The molecule has 2 N–H and O–H groups in total. The number of carbonyl (C=O) groups is 1. The first-order valence-electron chi connectivity index (χ1n) is 9.39. The lowest BCUT2D eigenvalue weighted by Gasteiger charge is -2.34. The first-order chi connectivity index (χ1) is 13.1. The number of hydrogen-bond donors (Lipinski definition) is 2. The third-order valence-corrected chi connectivity index (χ3v) is 4.73. The third-order valence-electron chi connectivity index (χ3n) is 4.73. The van der Waals surface area contributed by atoms with Crippen molar-refractivity contribution in [2.75, 3.05) is 45.8 Å². The van der Waals surface area contributed by atoms with E-state index in [0.717, 1.165) is 62.5 Å². The van der Waals surface area contributed by atoms with E-state index >= 15 is 0 Å². The lowest BCUT2D eigenvalue weighted by atomic mass is 10.0. The van der Waals surface area contributed by atoms with E-state index in [-0.39, 0.29) is 12.6 Å². The second-order valence-corrected chi connectivity index (χ2v) is 6.83. The van der Waals surface area contributed by atoms with Crippen LogP contribution in [0.1, 0.15) is 24.5 Å². The van der Waals surface area contributed by atoms with Crippen molar-refractivity contribution in [3.8, 4) is 0 Å². The highest BCUT2D eigenvalue weighted by atomic mass is 16.6. The minimum Gasteiger partial charge on any atom is -0.480 e. The van der Waals surface area contributed by atoms with E-state index in [0.29, 0.717) is 0 Å². The van der Waals surface area contributed by atoms with Crippen LogP contribution in [0.3, 0.4) is 0 Å². The fourth-order valence-electron chi connectivity index (χ4n) is 3.28. The van der Waals surface area contributed by atoms with Gasteiger partial charge in [0.15, 0.2) is 0 Å². The molecule has 1 saturated heterocycles. The number of rotatable bonds is 8. The summed E-state index contributed by atoms with van der Waals surface area (Å²) >= 11 is 0. The molecular formula is C19H27N5O3. The largest absolute Gasteiger partial charge is 0.480 e. The lowest BCUT2D eigenvalue weighted by Crippen LogP contribution is -2.49. The van der Waals surface area contributed by atoms with Crippen molar-refractivity contribution >= 4 is 17.9 Å². The van der Waals surface area contributed by atoms with Crippen LogP contribution in [0, 0.1) is 0 Å². The Hall–Kier alpha value is -2.45. The predicted molar refractivity (Wildman–Crippen MR) is 104 cm³/mol. The van der Waals surface area contributed by atoms with E-state index in [9.17, 15) is 4.79 Å². The van der Waals surface area contributed by atoms with Gasteiger partial charge in [-0.05, 0) is 18.1 Å². The number of nitrogens with zero attached hydrogens (tertiary/aromatic N) is 4. The van der Waals surface area contributed by atoms with Crippen molar-refractivity contribution in [2.45, 2.75) is 19.4 Å². The molecule has 0 bridgehead atoms. The molecule has 2 heterocycles. The van der Waals surface area contributed by atoms with Crippen molar-refractivity contribution in [2.24, 2.45) is 10.3 Å². The number of benzene rings is 1. The molecule has 27 heavy (non-hydrogen) atoms. The van der Waals surface area contributed by atoms with Gasteiger partial charge in [0, 0.05) is 45.7 Å². The van der Waals surface area contributed by atoms with Crippen molar-refractivity contribution < 1.29 is 14.7 Å². The maximum Gasteiger partial charge on any atom is 0.317 e. The fourth-order valence-corrected chi connectivity index (χ4v) is 3.28. The van der Waals surface area contributed by atoms with Gasteiger partial charge in [-0.3, -0.25) is 14.6 Å². The van der Waals surface area contributed by atoms with Gasteiger partial charge in [0.1, 0.15) is 6.10 Å². The highest BCUT2D eigenvalue weighted by Gasteiger charge is 2.26. The van der Waals surface area contributed by atoms with Gasteiger partial charge in [0.05, 0.1) is 18.5 Å². The van der Waals surface area contributed by atoms with Crippen LogP contribution < -0.4 is 5.43 Å². The molecule has 146 valence electrons. The molecule has 1 atom stereocenters. The summed E-state index contributed by atoms with van der Waals surface area (Å²) in [6, 6.07) is 8.13. The third kappa shape index (κ3) is 5.77. The number of nitrogens with one attached hydrogen (secondary N) is 1. The second-order valence-electron chi connectivity index (χ2n) is 6.83. The van der Waals surface area contributed by atoms with Gasteiger partial charge in [-0.1, -0.05) is 29.4 Å². The Morgan fingerprint density at radius 2 is 2.00 bits per heavy atom. The number of hydrazone groups is 1. The maximum atomic E-state index is 10.8. The quantitative estimate of drug-likeness (QED) is 0.518. The molecule has 1 aromatic carbocycles. The molecule has 1 unspecified atom stereocenters. The Bertz CT molecular complexity index is 681. The number of oxime groups is 1. The maximum absolute atomic E-state index is 10.8. The van der Waals surface area contributed by atoms with Crippen molar-refractivity contribution in [1.82, 2.24) is 15.2 Å². The SMILES string of the molecule is CCN/N=C/c1ccc(C2=NOC(CN3CCN(CC(=O)O)CC3)C2)cc1. The number of hydrogen-bond acceptors (Lipinski definition) is 7. The predicted octanol–water partition coefficient (Wildman–Crippen LogP) is 0.825. The molecule has 1 fully saturated rings. The molecule has 0 amide bonds. The minimum atomic E-state index is -0.764. The zero-order valence-electron chi connectivity index (χ0n) is 15.7. The Labute approximate surface area is 159 Å². The molecule has 0 aliphatic carbocycles. The van der Waals surface area contributed by atoms with Gasteiger partial charge in [0.25, 0.3) is 0 Å². The average molecular weight is 373 g/mol. The topological polar surface area (TPSA) is 89.8 Å². The van der Waals surface area contributed by atoms with Crippen LogP contribution in [0.4, 0.5) is 0 Å². The summed E-state index contributed by atoms with van der Waals surface area (Å²) in [6.45, 7) is 7.04. The van der Waals surface area contributed by atoms with Crippen molar-refractivity contribution in [3.05, 3.63) is 35.4 Å². The van der Waals surface area contributed by atoms with Crippen LogP contribution in [0.25, 0.3) is 0 Å². The van der Waals surface area contributed by atoms with Crippen molar-refractivity contribution in [3.63, 3.8) is 0 Å². The molecule has 8 heteroatoms. The van der Waals surface area contributed by atoms with E-state index < -0.39 is 5.97 Å². The second kappa shape index (κ2) is 9.48. The molecule has 0 spiro atoms. The van der Waals surface area contributed by atoms with E-state index in [1.807, 2.05) is 36.1 Å². The highest BCUT2D eigenvalue weighted by Crippen LogP contribution is 2.18. The normalized spacial score (nSPS) is 21.2. The van der Waals surface area contributed by atoms with Gasteiger partial charge < -0.3 is 15.4 Å². The molecule has 0 saturated carbocycles. The lowest BCUT2D eigenvalue weighted by molar-refractivity contribution is -0.138. The molecule has 0 radical (unpaired) electrons. The van der Waals surface area contributed by atoms with Crippen LogP contribution >= 0.6 is 0 Å². The number of piperazine rings is 1. The standard InChI is InChI=1S/C19H27N5O3/c1-2-20-21-12-15-3-5-16(6-4-15)18-11-17(27-22-18)13-23-7-9-24(10-8-23)14-19(25)26/h3-6,12,17,20H,2,7-11,13-14H2,1H3,(H,25,26)/b21-12+. The van der Waals surface area contributed by atoms with E-state index in [1.165, 1.54) is 0 Å². The molecule has 8 nitrogen and oxygen atoms in total. The summed E-state index contributed by atoms with van der Waals surface area (Å²) in [6.07, 6.45) is 2.65. The van der Waals surface area contributed by atoms with Gasteiger partial charge in [-0.2, -0.15) is 5.10 Å². The summed E-state index contributed by atoms with van der Waals surface area (Å²) in [7, 11) is 0.